The summed E-state index contributed by atoms with van der Waals surface area (Å²) in [6.07, 6.45) is 0. The van der Waals surface area contributed by atoms with Gasteiger partial charge in [0.2, 0.25) is 0 Å². The maximum absolute atomic E-state index is 10.3. The lowest BCUT2D eigenvalue weighted by Crippen LogP contribution is -2.33. The normalized spacial score (nSPS) is 11.7. The molecule has 0 aliphatic rings. The topological polar surface area (TPSA) is 127 Å². The first kappa shape index (κ1) is 28.5. The number of carboxylic acids is 2. The standard InChI is InChI=1S/C8H10.C6H12N2O4S2.2BrH/c1-7-4-3-5-8(2)6-7;7-3(5(9)10)1-13-14-2-4(8)6(11)12;;/h3-6H,1-2H3;3-4H,1-2,7-8H2,(H,9,10)(H,11,12);2*1H. The Morgan fingerprint density at radius 1 is 0.958 bits per heavy atom. The molecule has 2 unspecified atom stereocenters. The summed E-state index contributed by atoms with van der Waals surface area (Å²) in [6, 6.07) is 6.60. The molecule has 1 rings (SSSR count). The maximum atomic E-state index is 10.3. The summed E-state index contributed by atoms with van der Waals surface area (Å²) in [5.74, 6) is -1.68. The zero-order valence-corrected chi connectivity index (χ0v) is 18.4. The second kappa shape index (κ2) is 16.2. The Balaban J connectivity index is -0.000000378. The van der Waals surface area contributed by atoms with Crippen LogP contribution in [0, 0.1) is 13.8 Å². The van der Waals surface area contributed by atoms with E-state index in [1.165, 1.54) is 32.7 Å². The molecule has 1 aromatic rings. The van der Waals surface area contributed by atoms with Crippen LogP contribution in [0.1, 0.15) is 11.1 Å². The van der Waals surface area contributed by atoms with Gasteiger partial charge in [-0.25, -0.2) is 0 Å². The van der Waals surface area contributed by atoms with E-state index in [2.05, 4.69) is 38.1 Å². The number of nitrogens with two attached hydrogens (primary N) is 2. The smallest absolute Gasteiger partial charge is 0.321 e. The molecule has 1 aromatic carbocycles. The molecule has 0 aliphatic carbocycles. The highest BCUT2D eigenvalue weighted by Crippen LogP contribution is 2.22. The highest BCUT2D eigenvalue weighted by molar-refractivity contribution is 8.93. The summed E-state index contributed by atoms with van der Waals surface area (Å²) in [7, 11) is 2.41. The third-order valence-electron chi connectivity index (χ3n) is 2.39. The molecule has 0 saturated heterocycles. The Hall–Kier alpha value is -0.260. The van der Waals surface area contributed by atoms with E-state index in [1.54, 1.807) is 0 Å². The largest absolute Gasteiger partial charge is 0.480 e. The van der Waals surface area contributed by atoms with E-state index in [0.29, 0.717) is 0 Å². The summed E-state index contributed by atoms with van der Waals surface area (Å²) in [6.45, 7) is 4.21. The van der Waals surface area contributed by atoms with Crippen LogP contribution in [0.3, 0.4) is 0 Å². The van der Waals surface area contributed by atoms with Crippen LogP contribution in [0.15, 0.2) is 24.3 Å². The minimum atomic E-state index is -1.07. The summed E-state index contributed by atoms with van der Waals surface area (Å²) in [5.41, 5.74) is 13.1. The van der Waals surface area contributed by atoms with Crippen molar-refractivity contribution in [2.45, 2.75) is 25.9 Å². The SMILES string of the molecule is Br.Br.Cc1cccc(C)c1.NC(CSSCC(N)C(=O)O)C(=O)O. The lowest BCUT2D eigenvalue weighted by molar-refractivity contribution is -0.138. The monoisotopic (exact) mass is 506 g/mol. The summed E-state index contributed by atoms with van der Waals surface area (Å²) < 4.78 is 0. The number of hydrogen-bond acceptors (Lipinski definition) is 6. The van der Waals surface area contributed by atoms with Gasteiger partial charge in [-0.3, -0.25) is 9.59 Å². The first-order chi connectivity index (χ1) is 10.2. The van der Waals surface area contributed by atoms with Crippen molar-refractivity contribution in [1.82, 2.24) is 0 Å². The molecule has 10 heteroatoms. The molecular formula is C14H24Br2N2O4S2. The molecule has 0 heterocycles. The molecule has 24 heavy (non-hydrogen) atoms. The highest BCUT2D eigenvalue weighted by atomic mass is 79.9. The van der Waals surface area contributed by atoms with E-state index in [9.17, 15) is 9.59 Å². The minimum absolute atomic E-state index is 0. The maximum Gasteiger partial charge on any atom is 0.321 e. The molecule has 0 fully saturated rings. The molecule has 0 radical (unpaired) electrons. The molecule has 2 atom stereocenters. The number of aliphatic carboxylic acids is 2. The van der Waals surface area contributed by atoms with Gasteiger partial charge in [0.25, 0.3) is 0 Å². The number of benzene rings is 1. The van der Waals surface area contributed by atoms with Gasteiger partial charge in [-0.15, -0.1) is 34.0 Å². The predicted octanol–water partition coefficient (Wildman–Crippen LogP) is 2.65. The number of hydrogen-bond donors (Lipinski definition) is 4. The summed E-state index contributed by atoms with van der Waals surface area (Å²) in [5, 5.41) is 16.8. The van der Waals surface area contributed by atoms with Crippen LogP contribution in [0.2, 0.25) is 0 Å². The number of carboxylic acid groups (broad SMARTS) is 2. The van der Waals surface area contributed by atoms with Crippen LogP contribution >= 0.6 is 55.6 Å². The highest BCUT2D eigenvalue weighted by Gasteiger charge is 2.14. The van der Waals surface area contributed by atoms with Crippen molar-refractivity contribution in [2.75, 3.05) is 11.5 Å². The van der Waals surface area contributed by atoms with E-state index >= 15 is 0 Å². The number of aryl methyl sites for hydroxylation is 2. The van der Waals surface area contributed by atoms with Gasteiger partial charge in [-0.05, 0) is 13.8 Å². The Labute approximate surface area is 171 Å². The van der Waals surface area contributed by atoms with Crippen molar-refractivity contribution in [3.8, 4) is 0 Å². The number of carbonyl (C=O) groups is 2. The van der Waals surface area contributed by atoms with Gasteiger partial charge in [0, 0.05) is 11.5 Å². The second-order valence-electron chi connectivity index (χ2n) is 4.62. The summed E-state index contributed by atoms with van der Waals surface area (Å²) in [4.78, 5) is 20.5. The fourth-order valence-electron chi connectivity index (χ4n) is 1.19. The molecule has 0 aliphatic heterocycles. The molecule has 6 N–H and O–H groups in total. The molecule has 6 nitrogen and oxygen atoms in total. The molecule has 140 valence electrons. The van der Waals surface area contributed by atoms with Crippen LogP contribution in [-0.2, 0) is 9.59 Å². The van der Waals surface area contributed by atoms with Gasteiger partial charge in [-0.1, -0.05) is 57.0 Å². The third-order valence-corrected chi connectivity index (χ3v) is 4.86. The first-order valence-corrected chi connectivity index (χ1v) is 8.97. The van der Waals surface area contributed by atoms with Gasteiger partial charge < -0.3 is 21.7 Å². The average molecular weight is 508 g/mol. The average Bonchev–Trinajstić information content (AvgIpc) is 2.43. The molecule has 0 bridgehead atoms. The zero-order valence-electron chi connectivity index (χ0n) is 13.4. The van der Waals surface area contributed by atoms with Crippen molar-refractivity contribution in [3.05, 3.63) is 35.4 Å². The Bertz CT molecular complexity index is 456. The fraction of sp³-hybridized carbons (Fsp3) is 0.429. The molecule has 0 aromatic heterocycles. The Morgan fingerprint density at radius 3 is 1.50 bits per heavy atom. The molecule has 0 spiro atoms. The lowest BCUT2D eigenvalue weighted by atomic mass is 10.2. The van der Waals surface area contributed by atoms with Crippen molar-refractivity contribution in [2.24, 2.45) is 11.5 Å². The van der Waals surface area contributed by atoms with E-state index in [-0.39, 0.29) is 45.5 Å². The van der Waals surface area contributed by atoms with Gasteiger partial charge in [0.15, 0.2) is 0 Å². The Morgan fingerprint density at radius 2 is 1.29 bits per heavy atom. The van der Waals surface area contributed by atoms with Crippen molar-refractivity contribution < 1.29 is 19.8 Å². The first-order valence-electron chi connectivity index (χ1n) is 6.48. The van der Waals surface area contributed by atoms with Crippen LogP contribution in [0.4, 0.5) is 0 Å². The van der Waals surface area contributed by atoms with E-state index in [1.807, 2.05) is 0 Å². The van der Waals surface area contributed by atoms with Crippen LogP contribution < -0.4 is 11.5 Å². The van der Waals surface area contributed by atoms with Crippen molar-refractivity contribution >= 4 is 67.5 Å². The van der Waals surface area contributed by atoms with Crippen molar-refractivity contribution in [3.63, 3.8) is 0 Å². The molecule has 0 saturated carbocycles. The van der Waals surface area contributed by atoms with E-state index in [4.69, 9.17) is 21.7 Å². The predicted molar refractivity (Wildman–Crippen MR) is 113 cm³/mol. The summed E-state index contributed by atoms with van der Waals surface area (Å²) >= 11 is 0. The van der Waals surface area contributed by atoms with E-state index in [0.717, 1.165) is 0 Å². The third kappa shape index (κ3) is 15.3. The minimum Gasteiger partial charge on any atom is -0.480 e. The molecule has 0 amide bonds. The van der Waals surface area contributed by atoms with Crippen LogP contribution in [0.5, 0.6) is 0 Å². The van der Waals surface area contributed by atoms with Crippen LogP contribution in [-0.4, -0.2) is 45.7 Å². The van der Waals surface area contributed by atoms with Gasteiger partial charge in [0.1, 0.15) is 12.1 Å². The number of halogens is 2. The Kier molecular flexibility index (Phi) is 19.3. The van der Waals surface area contributed by atoms with Crippen LogP contribution in [0.25, 0.3) is 0 Å². The zero-order chi connectivity index (χ0) is 17.1. The van der Waals surface area contributed by atoms with Gasteiger partial charge in [-0.2, -0.15) is 0 Å². The quantitative estimate of drug-likeness (QED) is 0.327. The van der Waals surface area contributed by atoms with Gasteiger partial charge in [0.05, 0.1) is 0 Å². The van der Waals surface area contributed by atoms with Gasteiger partial charge >= 0.3 is 11.9 Å². The number of rotatable bonds is 7. The molecular weight excluding hydrogens is 484 g/mol. The van der Waals surface area contributed by atoms with E-state index < -0.39 is 24.0 Å². The second-order valence-corrected chi connectivity index (χ2v) is 7.17. The fourth-order valence-corrected chi connectivity index (χ4v) is 3.42. The lowest BCUT2D eigenvalue weighted by Gasteiger charge is -2.07. The van der Waals surface area contributed by atoms with Crippen molar-refractivity contribution in [1.29, 1.82) is 0 Å².